The van der Waals surface area contributed by atoms with Gasteiger partial charge in [0.25, 0.3) is 0 Å². The summed E-state index contributed by atoms with van der Waals surface area (Å²) < 4.78 is 0. The molecule has 0 aliphatic heterocycles. The van der Waals surface area contributed by atoms with Crippen LogP contribution in [0, 0.1) is 13.8 Å². The molecule has 0 atom stereocenters. The Kier molecular flexibility index (Phi) is 4.19. The predicted molar refractivity (Wildman–Crippen MR) is 78.6 cm³/mol. The first-order valence-electron chi connectivity index (χ1n) is 6.58. The lowest BCUT2D eigenvalue weighted by molar-refractivity contribution is 0.503. The van der Waals surface area contributed by atoms with Crippen molar-refractivity contribution in [3.8, 4) is 0 Å². The summed E-state index contributed by atoms with van der Waals surface area (Å²) in [6, 6.07) is 4.68. The Hall–Kier alpha value is -1.04. The van der Waals surface area contributed by atoms with Crippen molar-refractivity contribution >= 4 is 5.57 Å². The van der Waals surface area contributed by atoms with Crippen LogP contribution in [0.1, 0.15) is 63.3 Å². The van der Waals surface area contributed by atoms with E-state index in [4.69, 9.17) is 0 Å². The predicted octanol–water partition coefficient (Wildman–Crippen LogP) is 5.41. The summed E-state index contributed by atoms with van der Waals surface area (Å²) in [5.41, 5.74) is 7.34. The number of benzene rings is 1. The van der Waals surface area contributed by atoms with Crippen molar-refractivity contribution < 1.29 is 0 Å². The van der Waals surface area contributed by atoms with E-state index in [1.165, 1.54) is 34.2 Å². The SMILES string of the molecule is C/C=C(\C)c1cc(C)c(C)c(C(C)(C)CC)c1. The minimum atomic E-state index is 0.263. The number of hydrogen-bond donors (Lipinski definition) is 0. The van der Waals surface area contributed by atoms with Gasteiger partial charge in [0.2, 0.25) is 0 Å². The van der Waals surface area contributed by atoms with Gasteiger partial charge < -0.3 is 0 Å². The van der Waals surface area contributed by atoms with E-state index in [1.807, 2.05) is 0 Å². The first kappa shape index (κ1) is 14.0. The van der Waals surface area contributed by atoms with Gasteiger partial charge in [-0.1, -0.05) is 39.0 Å². The molecule has 0 bridgehead atoms. The molecule has 1 rings (SSSR count). The highest BCUT2D eigenvalue weighted by Crippen LogP contribution is 2.33. The second-order valence-corrected chi connectivity index (χ2v) is 5.67. The lowest BCUT2D eigenvalue weighted by atomic mass is 9.77. The molecule has 0 N–H and O–H groups in total. The van der Waals surface area contributed by atoms with Crippen molar-refractivity contribution in [1.29, 1.82) is 0 Å². The molecular weight excluding hydrogens is 204 g/mol. The van der Waals surface area contributed by atoms with E-state index in [2.05, 4.69) is 66.7 Å². The number of rotatable bonds is 3. The summed E-state index contributed by atoms with van der Waals surface area (Å²) in [5, 5.41) is 0. The first-order chi connectivity index (χ1) is 7.83. The molecular formula is C17H26. The monoisotopic (exact) mass is 230 g/mol. The van der Waals surface area contributed by atoms with Crippen molar-refractivity contribution in [3.63, 3.8) is 0 Å². The number of hydrogen-bond acceptors (Lipinski definition) is 0. The van der Waals surface area contributed by atoms with Gasteiger partial charge in [-0.05, 0) is 67.4 Å². The molecule has 0 amide bonds. The average molecular weight is 230 g/mol. The number of aryl methyl sites for hydroxylation is 1. The zero-order valence-corrected chi connectivity index (χ0v) is 12.4. The van der Waals surface area contributed by atoms with E-state index in [9.17, 15) is 0 Å². The molecule has 1 aromatic rings. The minimum absolute atomic E-state index is 0.263. The maximum Gasteiger partial charge on any atom is -0.0103 e. The summed E-state index contributed by atoms with van der Waals surface area (Å²) in [6.45, 7) is 15.7. The highest BCUT2D eigenvalue weighted by molar-refractivity contribution is 5.66. The van der Waals surface area contributed by atoms with Gasteiger partial charge in [0.05, 0.1) is 0 Å². The summed E-state index contributed by atoms with van der Waals surface area (Å²) in [7, 11) is 0. The molecule has 1 aromatic carbocycles. The largest absolute Gasteiger partial charge is 0.0841 e. The minimum Gasteiger partial charge on any atom is -0.0841 e. The van der Waals surface area contributed by atoms with Gasteiger partial charge in [0.15, 0.2) is 0 Å². The molecule has 0 aliphatic rings. The molecule has 0 heterocycles. The Morgan fingerprint density at radius 2 is 1.82 bits per heavy atom. The molecule has 0 unspecified atom stereocenters. The van der Waals surface area contributed by atoms with Gasteiger partial charge in [-0.2, -0.15) is 0 Å². The molecule has 0 saturated carbocycles. The van der Waals surface area contributed by atoms with Gasteiger partial charge in [-0.15, -0.1) is 0 Å². The highest BCUT2D eigenvalue weighted by atomic mass is 14.3. The van der Waals surface area contributed by atoms with Crippen molar-refractivity contribution in [2.45, 2.75) is 60.3 Å². The van der Waals surface area contributed by atoms with Crippen LogP contribution in [0.15, 0.2) is 18.2 Å². The summed E-state index contributed by atoms with van der Waals surface area (Å²) in [4.78, 5) is 0. The van der Waals surface area contributed by atoms with Crippen molar-refractivity contribution in [2.75, 3.05) is 0 Å². The van der Waals surface area contributed by atoms with E-state index in [1.54, 1.807) is 0 Å². The third-order valence-electron chi connectivity index (χ3n) is 4.17. The molecule has 0 aliphatic carbocycles. The zero-order chi connectivity index (χ0) is 13.2. The summed E-state index contributed by atoms with van der Waals surface area (Å²) in [6.07, 6.45) is 3.36. The smallest absolute Gasteiger partial charge is 0.0103 e. The van der Waals surface area contributed by atoms with Gasteiger partial charge >= 0.3 is 0 Å². The zero-order valence-electron chi connectivity index (χ0n) is 12.4. The third kappa shape index (κ3) is 2.80. The molecule has 0 saturated heterocycles. The van der Waals surface area contributed by atoms with Gasteiger partial charge in [0.1, 0.15) is 0 Å². The fourth-order valence-corrected chi connectivity index (χ4v) is 2.15. The standard InChI is InChI=1S/C17H26/c1-8-12(3)15-10-13(4)14(5)16(11-15)17(6,7)9-2/h8,10-11H,9H2,1-7H3/b12-8+. The normalized spacial score (nSPS) is 13.0. The Morgan fingerprint density at radius 1 is 1.24 bits per heavy atom. The van der Waals surface area contributed by atoms with E-state index >= 15 is 0 Å². The van der Waals surface area contributed by atoms with E-state index in [-0.39, 0.29) is 5.41 Å². The average Bonchev–Trinajstić information content (AvgIpc) is 2.31. The second-order valence-electron chi connectivity index (χ2n) is 5.67. The maximum absolute atomic E-state index is 2.38. The van der Waals surface area contributed by atoms with E-state index in [0.717, 1.165) is 0 Å². The highest BCUT2D eigenvalue weighted by Gasteiger charge is 2.21. The Bertz CT molecular complexity index is 434. The fraction of sp³-hybridized carbons (Fsp3) is 0.529. The summed E-state index contributed by atoms with van der Waals surface area (Å²) in [5.74, 6) is 0. The Labute approximate surface area is 107 Å². The fourth-order valence-electron chi connectivity index (χ4n) is 2.15. The molecule has 0 spiro atoms. The molecule has 0 nitrogen and oxygen atoms in total. The van der Waals surface area contributed by atoms with E-state index < -0.39 is 0 Å². The topological polar surface area (TPSA) is 0 Å². The van der Waals surface area contributed by atoms with Crippen LogP contribution >= 0.6 is 0 Å². The Balaban J connectivity index is 3.45. The van der Waals surface area contributed by atoms with Crippen LogP contribution in [0.25, 0.3) is 5.57 Å². The van der Waals surface area contributed by atoms with Crippen LogP contribution in [0.2, 0.25) is 0 Å². The third-order valence-corrected chi connectivity index (χ3v) is 4.17. The van der Waals surface area contributed by atoms with Crippen LogP contribution < -0.4 is 0 Å². The maximum atomic E-state index is 2.38. The first-order valence-corrected chi connectivity index (χ1v) is 6.58. The molecule has 17 heavy (non-hydrogen) atoms. The van der Waals surface area contributed by atoms with Crippen molar-refractivity contribution in [3.05, 3.63) is 40.5 Å². The van der Waals surface area contributed by atoms with Crippen LogP contribution in [0.5, 0.6) is 0 Å². The van der Waals surface area contributed by atoms with Gasteiger partial charge in [0, 0.05) is 0 Å². The molecule has 94 valence electrons. The lowest BCUT2D eigenvalue weighted by Gasteiger charge is -2.27. The van der Waals surface area contributed by atoms with Crippen molar-refractivity contribution in [2.24, 2.45) is 0 Å². The van der Waals surface area contributed by atoms with Crippen LogP contribution in [0.4, 0.5) is 0 Å². The van der Waals surface area contributed by atoms with Gasteiger partial charge in [-0.3, -0.25) is 0 Å². The second kappa shape index (κ2) is 5.08. The molecule has 0 radical (unpaired) electrons. The molecule has 0 aromatic heterocycles. The molecule has 0 heteroatoms. The van der Waals surface area contributed by atoms with Crippen LogP contribution in [0.3, 0.4) is 0 Å². The van der Waals surface area contributed by atoms with Crippen LogP contribution in [-0.2, 0) is 5.41 Å². The number of allylic oxidation sites excluding steroid dienone is 2. The summed E-state index contributed by atoms with van der Waals surface area (Å²) >= 11 is 0. The quantitative estimate of drug-likeness (QED) is 0.651. The molecule has 0 fully saturated rings. The Morgan fingerprint density at radius 3 is 2.29 bits per heavy atom. The van der Waals surface area contributed by atoms with Crippen LogP contribution in [-0.4, -0.2) is 0 Å². The van der Waals surface area contributed by atoms with Crippen molar-refractivity contribution in [1.82, 2.24) is 0 Å². The van der Waals surface area contributed by atoms with Gasteiger partial charge in [-0.25, -0.2) is 0 Å². The van der Waals surface area contributed by atoms with E-state index in [0.29, 0.717) is 0 Å². The lowest BCUT2D eigenvalue weighted by Crippen LogP contribution is -2.18.